The van der Waals surface area contributed by atoms with E-state index in [1.54, 1.807) is 57.2 Å². The van der Waals surface area contributed by atoms with E-state index in [1.807, 2.05) is 20.8 Å². The van der Waals surface area contributed by atoms with Crippen LogP contribution in [0.5, 0.6) is 23.0 Å². The second kappa shape index (κ2) is 13.8. The summed E-state index contributed by atoms with van der Waals surface area (Å²) in [6.07, 6.45) is 1.67. The largest absolute Gasteiger partial charge is 0.504 e. The molecule has 2 N–H and O–H groups in total. The lowest BCUT2D eigenvalue weighted by atomic mass is 9.92. The Labute approximate surface area is 240 Å². The number of phenols is 1. The number of allylic oxidation sites excluding steroid dienone is 1. The van der Waals surface area contributed by atoms with Crippen molar-refractivity contribution in [3.05, 3.63) is 64.4 Å². The molecule has 1 atom stereocenters. The van der Waals surface area contributed by atoms with Crippen LogP contribution in [0.1, 0.15) is 58.7 Å². The summed E-state index contributed by atoms with van der Waals surface area (Å²) in [7, 11) is 0. The number of nitrogens with zero attached hydrogens (tertiary/aromatic N) is 1. The lowest BCUT2D eigenvalue weighted by Crippen LogP contribution is -2.51. The van der Waals surface area contributed by atoms with Gasteiger partial charge in [0.1, 0.15) is 0 Å². The number of phenolic OH excluding ortho intramolecular Hbond substituents is 1. The Hall–Kier alpha value is -4.05. The van der Waals surface area contributed by atoms with E-state index in [-0.39, 0.29) is 23.0 Å². The van der Waals surface area contributed by atoms with Crippen LogP contribution in [0.15, 0.2) is 53.2 Å². The Balaban J connectivity index is 2.15. The van der Waals surface area contributed by atoms with E-state index in [2.05, 4.69) is 5.32 Å². The van der Waals surface area contributed by atoms with Gasteiger partial charge in [0.15, 0.2) is 28.1 Å². The minimum absolute atomic E-state index is 0.00439. The SMILES string of the molecule is CCOC(=O)C1=C(C)NC(=S)N(C(=O)/C(C)=C/c2ccc(O)c(OCC)c2)C1c1ccc(OCC)c(OCC)c1. The molecule has 1 aliphatic heterocycles. The van der Waals surface area contributed by atoms with Crippen molar-refractivity contribution in [1.82, 2.24) is 10.2 Å². The van der Waals surface area contributed by atoms with Crippen LogP contribution in [-0.4, -0.2) is 53.4 Å². The number of ether oxygens (including phenoxy) is 4. The number of thiocarbonyl (C=S) groups is 1. The molecule has 0 bridgehead atoms. The first-order chi connectivity index (χ1) is 19.2. The number of amides is 1. The lowest BCUT2D eigenvalue weighted by molar-refractivity contribution is -0.139. The van der Waals surface area contributed by atoms with E-state index < -0.39 is 17.9 Å². The highest BCUT2D eigenvalue weighted by molar-refractivity contribution is 7.80. The maximum atomic E-state index is 14.0. The molecular formula is C30H36N2O7S. The molecule has 0 fully saturated rings. The minimum Gasteiger partial charge on any atom is -0.504 e. The number of benzene rings is 2. The number of carbonyl (C=O) groups is 2. The Bertz CT molecular complexity index is 1340. The highest BCUT2D eigenvalue weighted by Gasteiger charge is 2.40. The molecule has 1 amide bonds. The average Bonchev–Trinajstić information content (AvgIpc) is 2.91. The van der Waals surface area contributed by atoms with E-state index in [0.717, 1.165) is 0 Å². The fourth-order valence-electron chi connectivity index (χ4n) is 4.37. The van der Waals surface area contributed by atoms with Gasteiger partial charge >= 0.3 is 5.97 Å². The zero-order valence-electron chi connectivity index (χ0n) is 23.7. The third-order valence-corrected chi connectivity index (χ3v) is 6.35. The lowest BCUT2D eigenvalue weighted by Gasteiger charge is -2.38. The van der Waals surface area contributed by atoms with Crippen LogP contribution >= 0.6 is 12.2 Å². The van der Waals surface area contributed by atoms with E-state index in [0.29, 0.717) is 59.5 Å². The molecule has 2 aromatic carbocycles. The second-order valence-electron chi connectivity index (χ2n) is 8.83. The zero-order valence-corrected chi connectivity index (χ0v) is 24.5. The van der Waals surface area contributed by atoms with E-state index in [4.69, 9.17) is 31.2 Å². The van der Waals surface area contributed by atoms with Gasteiger partial charge in [0, 0.05) is 11.3 Å². The molecule has 0 aromatic heterocycles. The molecular weight excluding hydrogens is 532 g/mol. The molecule has 0 spiro atoms. The second-order valence-corrected chi connectivity index (χ2v) is 9.21. The normalized spacial score (nSPS) is 15.4. The third kappa shape index (κ3) is 6.74. The Morgan fingerprint density at radius 1 is 0.950 bits per heavy atom. The Kier molecular flexibility index (Phi) is 10.6. The van der Waals surface area contributed by atoms with Crippen LogP contribution in [-0.2, 0) is 14.3 Å². The Morgan fingerprint density at radius 2 is 1.60 bits per heavy atom. The Morgan fingerprint density at radius 3 is 2.25 bits per heavy atom. The fourth-order valence-corrected chi connectivity index (χ4v) is 4.71. The summed E-state index contributed by atoms with van der Waals surface area (Å²) < 4.78 is 22.4. The number of carbonyl (C=O) groups excluding carboxylic acids is 2. The summed E-state index contributed by atoms with van der Waals surface area (Å²) in [4.78, 5) is 28.6. The average molecular weight is 569 g/mol. The first-order valence-corrected chi connectivity index (χ1v) is 13.6. The highest BCUT2D eigenvalue weighted by Crippen LogP contribution is 2.39. The molecule has 1 unspecified atom stereocenters. The van der Waals surface area contributed by atoms with Crippen LogP contribution in [0.3, 0.4) is 0 Å². The maximum Gasteiger partial charge on any atom is 0.338 e. The standard InChI is InChI=1S/C30H36N2O7S/c1-7-36-23-14-12-21(17-25(23)38-9-3)27-26(29(35)39-10-4)19(6)31-30(40)32(27)28(34)18(5)15-20-11-13-22(33)24(16-20)37-8-2/h11-17,27,33H,7-10H2,1-6H3,(H,31,40)/b18-15+. The highest BCUT2D eigenvalue weighted by atomic mass is 32.1. The van der Waals surface area contributed by atoms with Crippen LogP contribution in [0.4, 0.5) is 0 Å². The van der Waals surface area contributed by atoms with Crippen molar-refractivity contribution in [3.63, 3.8) is 0 Å². The molecule has 1 heterocycles. The van der Waals surface area contributed by atoms with Crippen LogP contribution in [0.2, 0.25) is 0 Å². The summed E-state index contributed by atoms with van der Waals surface area (Å²) in [5, 5.41) is 13.2. The molecule has 214 valence electrons. The maximum absolute atomic E-state index is 14.0. The van der Waals surface area contributed by atoms with Gasteiger partial charge in [0.2, 0.25) is 0 Å². The molecule has 1 aliphatic rings. The summed E-state index contributed by atoms with van der Waals surface area (Å²) in [6, 6.07) is 9.23. The first-order valence-electron chi connectivity index (χ1n) is 13.2. The van der Waals surface area contributed by atoms with Crippen molar-refractivity contribution >= 4 is 35.3 Å². The van der Waals surface area contributed by atoms with Crippen molar-refractivity contribution in [2.45, 2.75) is 47.6 Å². The van der Waals surface area contributed by atoms with Crippen LogP contribution in [0.25, 0.3) is 6.08 Å². The van der Waals surface area contributed by atoms with Crippen molar-refractivity contribution in [3.8, 4) is 23.0 Å². The van der Waals surface area contributed by atoms with Crippen molar-refractivity contribution < 1.29 is 33.6 Å². The van der Waals surface area contributed by atoms with Crippen LogP contribution < -0.4 is 19.5 Å². The zero-order chi connectivity index (χ0) is 29.4. The van der Waals surface area contributed by atoms with Gasteiger partial charge in [-0.25, -0.2) is 4.79 Å². The van der Waals surface area contributed by atoms with Gasteiger partial charge in [-0.2, -0.15) is 0 Å². The number of rotatable bonds is 11. The molecule has 0 aliphatic carbocycles. The first kappa shape index (κ1) is 30.5. The van der Waals surface area contributed by atoms with Gasteiger partial charge in [0.05, 0.1) is 38.0 Å². The topological polar surface area (TPSA) is 107 Å². The molecule has 0 radical (unpaired) electrons. The summed E-state index contributed by atoms with van der Waals surface area (Å²) >= 11 is 5.64. The molecule has 3 rings (SSSR count). The van der Waals surface area contributed by atoms with E-state index in [9.17, 15) is 14.7 Å². The predicted octanol–water partition coefficient (Wildman–Crippen LogP) is 5.29. The van der Waals surface area contributed by atoms with E-state index in [1.165, 1.54) is 11.0 Å². The summed E-state index contributed by atoms with van der Waals surface area (Å²) in [5.41, 5.74) is 2.34. The van der Waals surface area contributed by atoms with Gasteiger partial charge < -0.3 is 29.4 Å². The molecule has 10 heteroatoms. The number of esters is 1. The predicted molar refractivity (Wildman–Crippen MR) is 156 cm³/mol. The van der Waals surface area contributed by atoms with Crippen LogP contribution in [0, 0.1) is 0 Å². The minimum atomic E-state index is -0.891. The van der Waals surface area contributed by atoms with Gasteiger partial charge in [-0.05, 0) is 95.2 Å². The number of nitrogens with one attached hydrogen (secondary N) is 1. The van der Waals surface area contributed by atoms with Gasteiger partial charge in [-0.1, -0.05) is 12.1 Å². The molecule has 40 heavy (non-hydrogen) atoms. The number of hydrogen-bond donors (Lipinski definition) is 2. The molecule has 0 saturated heterocycles. The molecule has 2 aromatic rings. The monoisotopic (exact) mass is 568 g/mol. The van der Waals surface area contributed by atoms with E-state index >= 15 is 0 Å². The van der Waals surface area contributed by atoms with Crippen molar-refractivity contribution in [1.29, 1.82) is 0 Å². The molecule has 9 nitrogen and oxygen atoms in total. The van der Waals surface area contributed by atoms with Gasteiger partial charge in [-0.15, -0.1) is 0 Å². The summed E-state index contributed by atoms with van der Waals surface area (Å²) in [6.45, 7) is 12.0. The smallest absolute Gasteiger partial charge is 0.338 e. The number of hydrogen-bond acceptors (Lipinski definition) is 8. The fraction of sp³-hybridized carbons (Fsp3) is 0.367. The number of aromatic hydroxyl groups is 1. The van der Waals surface area contributed by atoms with Crippen molar-refractivity contribution in [2.24, 2.45) is 0 Å². The third-order valence-electron chi connectivity index (χ3n) is 6.05. The van der Waals surface area contributed by atoms with Gasteiger partial charge in [0.25, 0.3) is 5.91 Å². The van der Waals surface area contributed by atoms with Gasteiger partial charge in [-0.3, -0.25) is 9.69 Å². The quantitative estimate of drug-likeness (QED) is 0.213. The summed E-state index contributed by atoms with van der Waals surface area (Å²) in [5.74, 6) is 0.366. The molecule has 0 saturated carbocycles. The van der Waals surface area contributed by atoms with Crippen molar-refractivity contribution in [2.75, 3.05) is 26.4 Å².